The molecule has 3 heteroatoms. The quantitative estimate of drug-likeness (QED) is 0.738. The van der Waals surface area contributed by atoms with Crippen molar-refractivity contribution >= 4 is 15.9 Å². The molecular weight excluding hydrogens is 312 g/mol. The Bertz CT molecular complexity index is 398. The molecule has 0 aliphatic heterocycles. The zero-order valence-electron chi connectivity index (χ0n) is 13.5. The highest BCUT2D eigenvalue weighted by atomic mass is 79.9. The maximum absolute atomic E-state index is 3.55. The van der Waals surface area contributed by atoms with E-state index in [0.717, 1.165) is 17.6 Å². The minimum absolute atomic E-state index is 0.228. The van der Waals surface area contributed by atoms with Crippen LogP contribution in [0.5, 0.6) is 0 Å². The monoisotopic (exact) mass is 340 g/mol. The lowest BCUT2D eigenvalue weighted by atomic mass is 10.1. The first-order valence-corrected chi connectivity index (χ1v) is 8.27. The summed E-state index contributed by atoms with van der Waals surface area (Å²) in [6.45, 7) is 11.1. The third kappa shape index (κ3) is 7.41. The standard InChI is InChI=1S/C17H29BrN2/c1-14(8-7-11-19-17(2,3)4)20(5)13-15-9-6-10-16(18)12-15/h6,9-10,12,14,19H,7-8,11,13H2,1-5H3. The number of hydrogen-bond donors (Lipinski definition) is 1. The van der Waals surface area contributed by atoms with Gasteiger partial charge in [0.1, 0.15) is 0 Å². The predicted molar refractivity (Wildman–Crippen MR) is 92.1 cm³/mol. The van der Waals surface area contributed by atoms with Gasteiger partial charge in [-0.15, -0.1) is 0 Å². The Kier molecular flexibility index (Phi) is 7.21. The van der Waals surface area contributed by atoms with Crippen molar-refractivity contribution in [3.8, 4) is 0 Å². The van der Waals surface area contributed by atoms with Gasteiger partial charge in [-0.25, -0.2) is 0 Å². The van der Waals surface area contributed by atoms with Crippen LogP contribution in [0.3, 0.4) is 0 Å². The van der Waals surface area contributed by atoms with E-state index in [-0.39, 0.29) is 5.54 Å². The molecule has 20 heavy (non-hydrogen) atoms. The molecule has 0 saturated heterocycles. The van der Waals surface area contributed by atoms with Crippen LogP contribution in [0.4, 0.5) is 0 Å². The Morgan fingerprint density at radius 3 is 2.60 bits per heavy atom. The molecule has 0 radical (unpaired) electrons. The highest BCUT2D eigenvalue weighted by molar-refractivity contribution is 9.10. The molecule has 1 rings (SSSR count). The molecule has 0 aliphatic rings. The van der Waals surface area contributed by atoms with Crippen molar-refractivity contribution in [1.29, 1.82) is 0 Å². The smallest absolute Gasteiger partial charge is 0.0233 e. The van der Waals surface area contributed by atoms with Crippen molar-refractivity contribution in [3.63, 3.8) is 0 Å². The molecule has 1 aromatic carbocycles. The molecule has 0 aromatic heterocycles. The van der Waals surface area contributed by atoms with Gasteiger partial charge in [0.2, 0.25) is 0 Å². The van der Waals surface area contributed by atoms with Gasteiger partial charge in [-0.1, -0.05) is 28.1 Å². The van der Waals surface area contributed by atoms with Crippen LogP contribution in [0.15, 0.2) is 28.7 Å². The Morgan fingerprint density at radius 2 is 2.00 bits per heavy atom. The first-order chi connectivity index (χ1) is 9.28. The van der Waals surface area contributed by atoms with Crippen LogP contribution in [0, 0.1) is 0 Å². The summed E-state index contributed by atoms with van der Waals surface area (Å²) in [7, 11) is 2.21. The summed E-state index contributed by atoms with van der Waals surface area (Å²) in [6, 6.07) is 9.17. The zero-order valence-corrected chi connectivity index (χ0v) is 15.1. The molecule has 1 aromatic rings. The molecule has 1 unspecified atom stereocenters. The minimum Gasteiger partial charge on any atom is -0.312 e. The van der Waals surface area contributed by atoms with E-state index >= 15 is 0 Å². The average molecular weight is 341 g/mol. The number of rotatable bonds is 7. The number of nitrogens with one attached hydrogen (secondary N) is 1. The predicted octanol–water partition coefficient (Wildman–Crippen LogP) is 4.44. The van der Waals surface area contributed by atoms with E-state index in [1.54, 1.807) is 0 Å². The SMILES string of the molecule is CC(CCCNC(C)(C)C)N(C)Cc1cccc(Br)c1. The van der Waals surface area contributed by atoms with Crippen LogP contribution in [-0.4, -0.2) is 30.1 Å². The second kappa shape index (κ2) is 8.16. The van der Waals surface area contributed by atoms with E-state index in [0.29, 0.717) is 6.04 Å². The summed E-state index contributed by atoms with van der Waals surface area (Å²) in [5.74, 6) is 0. The van der Waals surface area contributed by atoms with Gasteiger partial charge in [-0.3, -0.25) is 4.90 Å². The second-order valence-electron chi connectivity index (χ2n) is 6.71. The molecule has 1 N–H and O–H groups in total. The summed E-state index contributed by atoms with van der Waals surface area (Å²) in [4.78, 5) is 2.43. The summed E-state index contributed by atoms with van der Waals surface area (Å²) in [6.07, 6.45) is 2.45. The van der Waals surface area contributed by atoms with Crippen molar-refractivity contribution in [3.05, 3.63) is 34.3 Å². The van der Waals surface area contributed by atoms with Gasteiger partial charge in [0.25, 0.3) is 0 Å². The van der Waals surface area contributed by atoms with Crippen LogP contribution in [-0.2, 0) is 6.54 Å². The molecule has 1 atom stereocenters. The number of halogens is 1. The van der Waals surface area contributed by atoms with Gasteiger partial charge in [0.15, 0.2) is 0 Å². The topological polar surface area (TPSA) is 15.3 Å². The lowest BCUT2D eigenvalue weighted by Gasteiger charge is -2.26. The second-order valence-corrected chi connectivity index (χ2v) is 7.63. The van der Waals surface area contributed by atoms with Crippen LogP contribution in [0.25, 0.3) is 0 Å². The lowest BCUT2D eigenvalue weighted by Crippen LogP contribution is -2.37. The van der Waals surface area contributed by atoms with Crippen molar-refractivity contribution in [2.45, 2.75) is 58.7 Å². The van der Waals surface area contributed by atoms with E-state index in [1.807, 2.05) is 0 Å². The summed E-state index contributed by atoms with van der Waals surface area (Å²) < 4.78 is 1.16. The maximum atomic E-state index is 3.55. The number of benzene rings is 1. The van der Waals surface area contributed by atoms with Gasteiger partial charge in [0, 0.05) is 22.6 Å². The first kappa shape index (κ1) is 17.7. The van der Waals surface area contributed by atoms with E-state index in [1.165, 1.54) is 18.4 Å². The molecule has 0 amide bonds. The molecule has 0 spiro atoms. The summed E-state index contributed by atoms with van der Waals surface area (Å²) in [5, 5.41) is 3.55. The van der Waals surface area contributed by atoms with E-state index in [9.17, 15) is 0 Å². The lowest BCUT2D eigenvalue weighted by molar-refractivity contribution is 0.232. The highest BCUT2D eigenvalue weighted by Crippen LogP contribution is 2.15. The Morgan fingerprint density at radius 1 is 1.30 bits per heavy atom. The van der Waals surface area contributed by atoms with Crippen LogP contribution in [0.1, 0.15) is 46.1 Å². The summed E-state index contributed by atoms with van der Waals surface area (Å²) >= 11 is 3.53. The number of hydrogen-bond acceptors (Lipinski definition) is 2. The molecular formula is C17H29BrN2. The van der Waals surface area contributed by atoms with Crippen molar-refractivity contribution < 1.29 is 0 Å². The highest BCUT2D eigenvalue weighted by Gasteiger charge is 2.11. The third-order valence-electron chi connectivity index (χ3n) is 3.53. The molecule has 0 fully saturated rings. The zero-order chi connectivity index (χ0) is 15.2. The van der Waals surface area contributed by atoms with Gasteiger partial charge >= 0.3 is 0 Å². The fourth-order valence-electron chi connectivity index (χ4n) is 2.16. The molecule has 0 aliphatic carbocycles. The largest absolute Gasteiger partial charge is 0.312 e. The Balaban J connectivity index is 2.30. The van der Waals surface area contributed by atoms with Gasteiger partial charge in [0.05, 0.1) is 0 Å². The van der Waals surface area contributed by atoms with E-state index in [4.69, 9.17) is 0 Å². The fraction of sp³-hybridized carbons (Fsp3) is 0.647. The average Bonchev–Trinajstić information content (AvgIpc) is 2.33. The fourth-order valence-corrected chi connectivity index (χ4v) is 2.61. The van der Waals surface area contributed by atoms with Crippen molar-refractivity contribution in [2.75, 3.05) is 13.6 Å². The minimum atomic E-state index is 0.228. The van der Waals surface area contributed by atoms with E-state index in [2.05, 4.69) is 85.2 Å². The maximum Gasteiger partial charge on any atom is 0.0233 e. The van der Waals surface area contributed by atoms with Gasteiger partial charge in [-0.2, -0.15) is 0 Å². The van der Waals surface area contributed by atoms with Crippen LogP contribution in [0.2, 0.25) is 0 Å². The molecule has 2 nitrogen and oxygen atoms in total. The van der Waals surface area contributed by atoms with Crippen molar-refractivity contribution in [2.24, 2.45) is 0 Å². The normalized spacial score (nSPS) is 13.8. The Labute approximate surface area is 133 Å². The van der Waals surface area contributed by atoms with Crippen LogP contribution < -0.4 is 5.32 Å². The van der Waals surface area contributed by atoms with Crippen LogP contribution >= 0.6 is 15.9 Å². The molecule has 0 saturated carbocycles. The van der Waals surface area contributed by atoms with Gasteiger partial charge in [-0.05, 0) is 71.8 Å². The Hall–Kier alpha value is -0.380. The molecule has 0 heterocycles. The van der Waals surface area contributed by atoms with Crippen molar-refractivity contribution in [1.82, 2.24) is 10.2 Å². The first-order valence-electron chi connectivity index (χ1n) is 7.47. The third-order valence-corrected chi connectivity index (χ3v) is 4.02. The van der Waals surface area contributed by atoms with E-state index < -0.39 is 0 Å². The number of nitrogens with zero attached hydrogens (tertiary/aromatic N) is 1. The summed E-state index contributed by atoms with van der Waals surface area (Å²) in [5.41, 5.74) is 1.59. The molecule has 0 bridgehead atoms. The molecule has 114 valence electrons. The van der Waals surface area contributed by atoms with Gasteiger partial charge < -0.3 is 5.32 Å².